The van der Waals surface area contributed by atoms with Gasteiger partial charge in [0.25, 0.3) is 0 Å². The smallest absolute Gasteiger partial charge is 0.229 e. The minimum atomic E-state index is 0.378. The predicted molar refractivity (Wildman–Crippen MR) is 81.4 cm³/mol. The molecule has 1 atom stereocenters. The zero-order chi connectivity index (χ0) is 14.5. The average Bonchev–Trinajstić information content (AvgIpc) is 2.44. The third kappa shape index (κ3) is 3.82. The molecule has 5 nitrogen and oxygen atoms in total. The van der Waals surface area contributed by atoms with E-state index in [1.54, 1.807) is 7.11 Å². The van der Waals surface area contributed by atoms with E-state index in [0.717, 1.165) is 31.3 Å². The second-order valence-corrected chi connectivity index (χ2v) is 5.81. The van der Waals surface area contributed by atoms with Gasteiger partial charge in [0.05, 0.1) is 7.11 Å². The molecule has 0 radical (unpaired) electrons. The Morgan fingerprint density at radius 2 is 2.25 bits per heavy atom. The number of ether oxygens (including phenoxy) is 1. The quantitative estimate of drug-likeness (QED) is 0.893. The molecule has 0 amide bonds. The number of nitrogens with zero attached hydrogens (tertiary/aromatic N) is 3. The molecular formula is C15H26N4O. The van der Waals surface area contributed by atoms with Gasteiger partial charge in [-0.15, -0.1) is 0 Å². The van der Waals surface area contributed by atoms with Gasteiger partial charge in [0.15, 0.2) is 0 Å². The number of nitrogens with one attached hydrogen (secondary N) is 1. The molecule has 112 valence electrons. The summed E-state index contributed by atoms with van der Waals surface area (Å²) in [6.07, 6.45) is 2.54. The number of aromatic nitrogens is 2. The molecule has 2 heterocycles. The van der Waals surface area contributed by atoms with Crippen LogP contribution in [0.4, 0.5) is 5.95 Å². The van der Waals surface area contributed by atoms with E-state index in [1.807, 2.05) is 13.0 Å². The average molecular weight is 278 g/mol. The standard InChI is InChI=1S/C15H26N4O/c1-11(2)19(10-13-6-5-7-16-9-13)15-17-12(3)8-14(18-15)20-4/h8,11,13,16H,5-7,9-10H2,1-4H3. The molecule has 1 aromatic heterocycles. The molecule has 0 bridgehead atoms. The van der Waals surface area contributed by atoms with Crippen LogP contribution in [0.3, 0.4) is 0 Å². The highest BCUT2D eigenvalue weighted by atomic mass is 16.5. The first-order valence-electron chi connectivity index (χ1n) is 7.47. The van der Waals surface area contributed by atoms with E-state index in [1.165, 1.54) is 12.8 Å². The lowest BCUT2D eigenvalue weighted by atomic mass is 9.99. The van der Waals surface area contributed by atoms with E-state index in [2.05, 4.69) is 34.0 Å². The first-order chi connectivity index (χ1) is 9.60. The van der Waals surface area contributed by atoms with Crippen LogP contribution in [0.25, 0.3) is 0 Å². The summed E-state index contributed by atoms with van der Waals surface area (Å²) in [6.45, 7) is 9.59. The lowest BCUT2D eigenvalue weighted by Crippen LogP contribution is -2.42. The summed E-state index contributed by atoms with van der Waals surface area (Å²) in [4.78, 5) is 11.4. The van der Waals surface area contributed by atoms with Crippen LogP contribution in [0.1, 0.15) is 32.4 Å². The Labute approximate surface area is 121 Å². The molecule has 1 aromatic rings. The molecule has 0 aromatic carbocycles. The summed E-state index contributed by atoms with van der Waals surface area (Å²) in [5, 5.41) is 3.47. The van der Waals surface area contributed by atoms with Crippen LogP contribution < -0.4 is 15.0 Å². The van der Waals surface area contributed by atoms with Crippen LogP contribution in [-0.2, 0) is 0 Å². The SMILES string of the molecule is COc1cc(C)nc(N(CC2CCCNC2)C(C)C)n1. The van der Waals surface area contributed by atoms with Crippen molar-refractivity contribution >= 4 is 5.95 Å². The van der Waals surface area contributed by atoms with Crippen LogP contribution in [-0.4, -0.2) is 42.8 Å². The van der Waals surface area contributed by atoms with Gasteiger partial charge in [-0.3, -0.25) is 0 Å². The monoisotopic (exact) mass is 278 g/mol. The maximum absolute atomic E-state index is 5.27. The minimum absolute atomic E-state index is 0.378. The molecule has 0 aliphatic carbocycles. The highest BCUT2D eigenvalue weighted by Crippen LogP contribution is 2.20. The lowest BCUT2D eigenvalue weighted by molar-refractivity contribution is 0.366. The molecule has 1 fully saturated rings. The fraction of sp³-hybridized carbons (Fsp3) is 0.733. The fourth-order valence-electron chi connectivity index (χ4n) is 2.64. The van der Waals surface area contributed by atoms with E-state index in [0.29, 0.717) is 17.8 Å². The largest absolute Gasteiger partial charge is 0.481 e. The molecule has 1 saturated heterocycles. The number of methoxy groups -OCH3 is 1. The molecule has 1 unspecified atom stereocenters. The maximum atomic E-state index is 5.27. The third-order valence-electron chi connectivity index (χ3n) is 3.76. The Hall–Kier alpha value is -1.36. The number of piperidine rings is 1. The van der Waals surface area contributed by atoms with Gasteiger partial charge in [0.1, 0.15) is 0 Å². The highest BCUT2D eigenvalue weighted by Gasteiger charge is 2.21. The normalized spacial score (nSPS) is 19.1. The predicted octanol–water partition coefficient (Wildman–Crippen LogP) is 2.01. The molecule has 1 aliphatic heterocycles. The van der Waals surface area contributed by atoms with Gasteiger partial charge in [0, 0.05) is 24.3 Å². The van der Waals surface area contributed by atoms with E-state index >= 15 is 0 Å². The van der Waals surface area contributed by atoms with Crippen molar-refractivity contribution in [3.63, 3.8) is 0 Å². The zero-order valence-electron chi connectivity index (χ0n) is 13.0. The van der Waals surface area contributed by atoms with Crippen molar-refractivity contribution in [2.75, 3.05) is 31.6 Å². The van der Waals surface area contributed by atoms with Crippen molar-refractivity contribution in [3.05, 3.63) is 11.8 Å². The summed E-state index contributed by atoms with van der Waals surface area (Å²) >= 11 is 0. The summed E-state index contributed by atoms with van der Waals surface area (Å²) in [5.41, 5.74) is 0.944. The summed E-state index contributed by atoms with van der Waals surface area (Å²) < 4.78 is 5.27. The number of rotatable bonds is 5. The molecule has 2 rings (SSSR count). The maximum Gasteiger partial charge on any atom is 0.229 e. The lowest BCUT2D eigenvalue weighted by Gasteiger charge is -2.33. The molecular weight excluding hydrogens is 252 g/mol. The second-order valence-electron chi connectivity index (χ2n) is 5.81. The van der Waals surface area contributed by atoms with Crippen LogP contribution in [0.5, 0.6) is 5.88 Å². The molecule has 1 aliphatic rings. The van der Waals surface area contributed by atoms with Crippen LogP contribution >= 0.6 is 0 Å². The number of hydrogen-bond donors (Lipinski definition) is 1. The van der Waals surface area contributed by atoms with E-state index in [9.17, 15) is 0 Å². The molecule has 0 spiro atoms. The van der Waals surface area contributed by atoms with Gasteiger partial charge in [0.2, 0.25) is 11.8 Å². The first-order valence-corrected chi connectivity index (χ1v) is 7.47. The Morgan fingerprint density at radius 1 is 1.45 bits per heavy atom. The van der Waals surface area contributed by atoms with Crippen molar-refractivity contribution in [1.29, 1.82) is 0 Å². The second kappa shape index (κ2) is 6.88. The Bertz CT molecular complexity index is 430. The van der Waals surface area contributed by atoms with E-state index in [-0.39, 0.29) is 0 Å². The number of hydrogen-bond acceptors (Lipinski definition) is 5. The number of anilines is 1. The van der Waals surface area contributed by atoms with E-state index in [4.69, 9.17) is 4.74 Å². The number of aryl methyl sites for hydroxylation is 1. The molecule has 20 heavy (non-hydrogen) atoms. The first kappa shape index (κ1) is 15.0. The molecule has 0 saturated carbocycles. The zero-order valence-corrected chi connectivity index (χ0v) is 13.0. The fourth-order valence-corrected chi connectivity index (χ4v) is 2.64. The topological polar surface area (TPSA) is 50.3 Å². The van der Waals surface area contributed by atoms with Gasteiger partial charge in [-0.1, -0.05) is 0 Å². The van der Waals surface area contributed by atoms with Gasteiger partial charge in [-0.05, 0) is 52.6 Å². The van der Waals surface area contributed by atoms with Gasteiger partial charge in [-0.2, -0.15) is 4.98 Å². The Kier molecular flexibility index (Phi) is 5.17. The van der Waals surface area contributed by atoms with Crippen LogP contribution in [0.15, 0.2) is 6.07 Å². The third-order valence-corrected chi connectivity index (χ3v) is 3.76. The van der Waals surface area contributed by atoms with Crippen LogP contribution in [0, 0.1) is 12.8 Å². The Morgan fingerprint density at radius 3 is 2.85 bits per heavy atom. The van der Waals surface area contributed by atoms with Crippen LogP contribution in [0.2, 0.25) is 0 Å². The van der Waals surface area contributed by atoms with Gasteiger partial charge >= 0.3 is 0 Å². The van der Waals surface area contributed by atoms with Crippen molar-refractivity contribution in [1.82, 2.24) is 15.3 Å². The highest BCUT2D eigenvalue weighted by molar-refractivity contribution is 5.35. The van der Waals surface area contributed by atoms with Crippen molar-refractivity contribution in [2.45, 2.75) is 39.7 Å². The molecule has 1 N–H and O–H groups in total. The van der Waals surface area contributed by atoms with Gasteiger partial charge in [-0.25, -0.2) is 4.98 Å². The molecule has 5 heteroatoms. The van der Waals surface area contributed by atoms with E-state index < -0.39 is 0 Å². The summed E-state index contributed by atoms with van der Waals surface area (Å²) in [6, 6.07) is 2.24. The van der Waals surface area contributed by atoms with Crippen molar-refractivity contribution in [3.8, 4) is 5.88 Å². The van der Waals surface area contributed by atoms with Gasteiger partial charge < -0.3 is 15.0 Å². The minimum Gasteiger partial charge on any atom is -0.481 e. The Balaban J connectivity index is 2.16. The van der Waals surface area contributed by atoms with Crippen molar-refractivity contribution in [2.24, 2.45) is 5.92 Å². The summed E-state index contributed by atoms with van der Waals surface area (Å²) in [7, 11) is 1.65. The summed E-state index contributed by atoms with van der Waals surface area (Å²) in [5.74, 6) is 2.09. The van der Waals surface area contributed by atoms with Crippen molar-refractivity contribution < 1.29 is 4.74 Å².